The van der Waals surface area contributed by atoms with Gasteiger partial charge in [-0.05, 0) is 19.8 Å². The van der Waals surface area contributed by atoms with E-state index in [2.05, 4.69) is 12.2 Å². The highest BCUT2D eigenvalue weighted by molar-refractivity contribution is 5.85. The molecule has 2 nitrogen and oxygen atoms in total. The zero-order valence-corrected chi connectivity index (χ0v) is 7.49. The third-order valence-electron chi connectivity index (χ3n) is 1.65. The zero-order chi connectivity index (χ0) is 7.40. The van der Waals surface area contributed by atoms with E-state index < -0.39 is 0 Å². The van der Waals surface area contributed by atoms with Crippen LogP contribution in [0.4, 0.5) is 0 Å². The van der Waals surface area contributed by atoms with Crippen molar-refractivity contribution in [1.29, 1.82) is 5.41 Å². The summed E-state index contributed by atoms with van der Waals surface area (Å²) in [5.41, 5.74) is 0. The lowest BCUT2D eigenvalue weighted by atomic mass is 10.1. The number of hydrogen-bond acceptors (Lipinski definition) is 2. The van der Waals surface area contributed by atoms with Crippen LogP contribution in [0.15, 0.2) is 12.2 Å². The first-order chi connectivity index (χ1) is 4.84. The molecule has 1 N–H and O–H groups in total. The molecule has 11 heavy (non-hydrogen) atoms. The minimum absolute atomic E-state index is 0. The molecular weight excluding hydrogens is 162 g/mol. The summed E-state index contributed by atoms with van der Waals surface area (Å²) < 4.78 is 5.06. The summed E-state index contributed by atoms with van der Waals surface area (Å²) in [7, 11) is 0. The Bertz CT molecular complexity index is 156. The first-order valence-electron chi connectivity index (χ1n) is 3.72. The standard InChI is InChI=1S/C8H13NO.ClH/c1-2-10-8(9)7-5-3-4-6-7;/h3,5,7,9H,2,4,6H2,1H3;1H. The van der Waals surface area contributed by atoms with Gasteiger partial charge >= 0.3 is 0 Å². The van der Waals surface area contributed by atoms with Gasteiger partial charge in [-0.3, -0.25) is 5.41 Å². The normalized spacial score (nSPS) is 21.0. The maximum absolute atomic E-state index is 7.41. The third-order valence-corrected chi connectivity index (χ3v) is 1.65. The molecule has 1 atom stereocenters. The molecule has 0 aliphatic heterocycles. The molecule has 0 radical (unpaired) electrons. The fourth-order valence-electron chi connectivity index (χ4n) is 1.11. The molecule has 0 fully saturated rings. The maximum Gasteiger partial charge on any atom is 0.187 e. The second-order valence-corrected chi connectivity index (χ2v) is 2.41. The number of rotatable bonds is 2. The van der Waals surface area contributed by atoms with Crippen LogP contribution in [0.5, 0.6) is 0 Å². The second-order valence-electron chi connectivity index (χ2n) is 2.41. The van der Waals surface area contributed by atoms with Gasteiger partial charge in [0.05, 0.1) is 12.5 Å². The molecule has 0 heterocycles. The molecule has 0 saturated heterocycles. The van der Waals surface area contributed by atoms with Gasteiger partial charge in [-0.1, -0.05) is 12.2 Å². The van der Waals surface area contributed by atoms with Crippen LogP contribution in [0.25, 0.3) is 0 Å². The topological polar surface area (TPSA) is 33.1 Å². The number of hydrogen-bond donors (Lipinski definition) is 1. The van der Waals surface area contributed by atoms with Crippen LogP contribution >= 0.6 is 12.4 Å². The summed E-state index contributed by atoms with van der Waals surface area (Å²) in [6, 6.07) is 0. The predicted molar refractivity (Wildman–Crippen MR) is 48.5 cm³/mol. The van der Waals surface area contributed by atoms with E-state index in [9.17, 15) is 0 Å². The summed E-state index contributed by atoms with van der Waals surface area (Å²) in [6.45, 7) is 2.52. The quantitative estimate of drug-likeness (QED) is 0.390. The highest BCUT2D eigenvalue weighted by atomic mass is 35.5. The van der Waals surface area contributed by atoms with E-state index in [1.807, 2.05) is 6.92 Å². The SMILES string of the molecule is CCOC(=N)C1C=CCC1.Cl. The van der Waals surface area contributed by atoms with Gasteiger partial charge in [-0.25, -0.2) is 0 Å². The van der Waals surface area contributed by atoms with E-state index >= 15 is 0 Å². The van der Waals surface area contributed by atoms with Crippen LogP contribution < -0.4 is 0 Å². The van der Waals surface area contributed by atoms with Crippen LogP contribution in [0.3, 0.4) is 0 Å². The van der Waals surface area contributed by atoms with Gasteiger partial charge in [-0.15, -0.1) is 12.4 Å². The lowest BCUT2D eigenvalue weighted by Crippen LogP contribution is -2.12. The Morgan fingerprint density at radius 3 is 2.91 bits per heavy atom. The van der Waals surface area contributed by atoms with Gasteiger partial charge < -0.3 is 4.74 Å². The molecule has 0 aromatic carbocycles. The van der Waals surface area contributed by atoms with Crippen molar-refractivity contribution >= 4 is 18.3 Å². The Balaban J connectivity index is 0.000001000. The molecule has 0 amide bonds. The van der Waals surface area contributed by atoms with Gasteiger partial charge in [0.2, 0.25) is 0 Å². The molecule has 1 aliphatic rings. The molecule has 64 valence electrons. The molecule has 3 heteroatoms. The minimum Gasteiger partial charge on any atom is -0.481 e. The van der Waals surface area contributed by atoms with Crippen molar-refractivity contribution in [3.63, 3.8) is 0 Å². The lowest BCUT2D eigenvalue weighted by Gasteiger charge is -2.08. The first-order valence-corrected chi connectivity index (χ1v) is 3.72. The average Bonchev–Trinajstić information content (AvgIpc) is 2.38. The fraction of sp³-hybridized carbons (Fsp3) is 0.625. The second kappa shape index (κ2) is 5.19. The molecule has 0 spiro atoms. The maximum atomic E-state index is 7.41. The highest BCUT2D eigenvalue weighted by Gasteiger charge is 2.14. The summed E-state index contributed by atoms with van der Waals surface area (Å²) in [5.74, 6) is 0.691. The van der Waals surface area contributed by atoms with Gasteiger partial charge in [-0.2, -0.15) is 0 Å². The molecular formula is C8H14ClNO. The lowest BCUT2D eigenvalue weighted by molar-refractivity contribution is 0.304. The monoisotopic (exact) mass is 175 g/mol. The van der Waals surface area contributed by atoms with Crippen molar-refractivity contribution in [1.82, 2.24) is 0 Å². The summed E-state index contributed by atoms with van der Waals surface area (Å²) >= 11 is 0. The van der Waals surface area contributed by atoms with Crippen LogP contribution in [0.2, 0.25) is 0 Å². The van der Waals surface area contributed by atoms with Crippen molar-refractivity contribution < 1.29 is 4.74 Å². The molecule has 0 saturated carbocycles. The third kappa shape index (κ3) is 2.93. The van der Waals surface area contributed by atoms with Crippen molar-refractivity contribution in [2.24, 2.45) is 5.92 Å². The Morgan fingerprint density at radius 2 is 2.45 bits per heavy atom. The highest BCUT2D eigenvalue weighted by Crippen LogP contribution is 2.18. The van der Waals surface area contributed by atoms with E-state index in [0.29, 0.717) is 12.5 Å². The van der Waals surface area contributed by atoms with E-state index in [4.69, 9.17) is 10.1 Å². The fourth-order valence-corrected chi connectivity index (χ4v) is 1.11. The van der Waals surface area contributed by atoms with Crippen LogP contribution in [-0.2, 0) is 4.74 Å². The van der Waals surface area contributed by atoms with Crippen molar-refractivity contribution in [3.8, 4) is 0 Å². The zero-order valence-electron chi connectivity index (χ0n) is 6.67. The van der Waals surface area contributed by atoms with E-state index in [1.54, 1.807) is 0 Å². The van der Waals surface area contributed by atoms with E-state index in [1.165, 1.54) is 0 Å². The van der Waals surface area contributed by atoms with Crippen molar-refractivity contribution in [3.05, 3.63) is 12.2 Å². The van der Waals surface area contributed by atoms with E-state index in [0.717, 1.165) is 12.8 Å². The smallest absolute Gasteiger partial charge is 0.187 e. The Morgan fingerprint density at radius 1 is 1.73 bits per heavy atom. The van der Waals surface area contributed by atoms with E-state index in [-0.39, 0.29) is 18.3 Å². The van der Waals surface area contributed by atoms with Crippen molar-refractivity contribution in [2.75, 3.05) is 6.61 Å². The summed E-state index contributed by atoms with van der Waals surface area (Å²) in [6.07, 6.45) is 6.31. The minimum atomic E-state index is 0. The molecule has 1 unspecified atom stereocenters. The van der Waals surface area contributed by atoms with Gasteiger partial charge in [0.15, 0.2) is 5.90 Å². The largest absolute Gasteiger partial charge is 0.481 e. The summed E-state index contributed by atoms with van der Waals surface area (Å²) in [5, 5.41) is 7.41. The number of halogens is 1. The first kappa shape index (κ1) is 10.5. The molecule has 0 aromatic heterocycles. The van der Waals surface area contributed by atoms with Gasteiger partial charge in [0.25, 0.3) is 0 Å². The number of nitrogens with one attached hydrogen (secondary N) is 1. The van der Waals surface area contributed by atoms with Crippen molar-refractivity contribution in [2.45, 2.75) is 19.8 Å². The Labute approximate surface area is 73.6 Å². The molecule has 1 rings (SSSR count). The van der Waals surface area contributed by atoms with Gasteiger partial charge in [0.1, 0.15) is 0 Å². The number of allylic oxidation sites excluding steroid dienone is 1. The Kier molecular flexibility index (Phi) is 4.95. The van der Waals surface area contributed by atoms with Crippen LogP contribution in [0, 0.1) is 11.3 Å². The molecule has 0 bridgehead atoms. The predicted octanol–water partition coefficient (Wildman–Crippen LogP) is 2.39. The Hall–Kier alpha value is -0.500. The molecule has 0 aromatic rings. The van der Waals surface area contributed by atoms with Gasteiger partial charge in [0, 0.05) is 0 Å². The number of ether oxygens (including phenoxy) is 1. The summed E-state index contributed by atoms with van der Waals surface area (Å²) in [4.78, 5) is 0. The molecule has 1 aliphatic carbocycles. The average molecular weight is 176 g/mol. The van der Waals surface area contributed by atoms with Crippen LogP contribution in [-0.4, -0.2) is 12.5 Å². The van der Waals surface area contributed by atoms with Crippen LogP contribution in [0.1, 0.15) is 19.8 Å².